The highest BCUT2D eigenvalue weighted by molar-refractivity contribution is 14.0. The molecule has 2 rings (SSSR count). The average Bonchev–Trinajstić information content (AvgIpc) is 3.24. The second-order valence-electron chi connectivity index (χ2n) is 7.79. The molecule has 2 N–H and O–H groups in total. The number of hydrogen-bond acceptors (Lipinski definition) is 5. The van der Waals surface area contributed by atoms with Gasteiger partial charge in [-0.15, -0.1) is 24.0 Å². The van der Waals surface area contributed by atoms with E-state index in [9.17, 15) is 4.79 Å². The molecule has 1 aromatic rings. The number of likely N-dealkylation sites (N-methyl/N-ethyl adjacent to an activating group) is 1. The molecule has 1 atom stereocenters. The first-order chi connectivity index (χ1) is 12.3. The van der Waals surface area contributed by atoms with E-state index in [1.807, 2.05) is 0 Å². The topological polar surface area (TPSA) is 92.0 Å². The van der Waals surface area contributed by atoms with Gasteiger partial charge in [-0.3, -0.25) is 4.79 Å². The zero-order valence-electron chi connectivity index (χ0n) is 16.9. The van der Waals surface area contributed by atoms with Gasteiger partial charge in [0.2, 0.25) is 11.8 Å². The van der Waals surface area contributed by atoms with Crippen LogP contribution in [0.15, 0.2) is 15.6 Å². The second kappa shape index (κ2) is 10.8. The molecule has 0 aliphatic carbocycles. The Bertz CT molecular complexity index is 619. The average molecular weight is 493 g/mol. The fraction of sp³-hybridized carbons (Fsp3) is 0.722. The summed E-state index contributed by atoms with van der Waals surface area (Å²) in [5.41, 5.74) is -0.0823. The summed E-state index contributed by atoms with van der Waals surface area (Å²) >= 11 is 0. The normalized spacial score (nSPS) is 17.4. The van der Waals surface area contributed by atoms with E-state index in [2.05, 4.69) is 41.4 Å². The third-order valence-electron chi connectivity index (χ3n) is 4.15. The Balaban J connectivity index is 0.00000364. The standard InChI is InChI=1S/C18H31N5O3.HI/c1-18(2,3)14-9-19-15(26-14)10-21-17(22-11-16(24)23(4)5)20-8-13-6-7-25-12-13;/h9,13H,6-8,10-12H2,1-5H3,(H2,20,21,22);1H. The maximum Gasteiger partial charge on any atom is 0.243 e. The van der Waals surface area contributed by atoms with Crippen molar-refractivity contribution in [3.05, 3.63) is 17.8 Å². The van der Waals surface area contributed by atoms with Gasteiger partial charge in [0.15, 0.2) is 5.96 Å². The van der Waals surface area contributed by atoms with Crippen LogP contribution < -0.4 is 10.6 Å². The second-order valence-corrected chi connectivity index (χ2v) is 7.79. The van der Waals surface area contributed by atoms with Gasteiger partial charge in [0.05, 0.1) is 19.3 Å². The van der Waals surface area contributed by atoms with Crippen LogP contribution in [-0.4, -0.2) is 62.1 Å². The number of rotatable bonds is 6. The Hall–Kier alpha value is -1.36. The van der Waals surface area contributed by atoms with Gasteiger partial charge in [-0.05, 0) is 6.42 Å². The van der Waals surface area contributed by atoms with E-state index in [0.29, 0.717) is 24.3 Å². The molecule has 0 bridgehead atoms. The summed E-state index contributed by atoms with van der Waals surface area (Å²) in [4.78, 5) is 22.0. The minimum atomic E-state index is -0.0823. The van der Waals surface area contributed by atoms with Crippen molar-refractivity contribution in [1.29, 1.82) is 0 Å². The summed E-state index contributed by atoms with van der Waals surface area (Å²) in [6.07, 6.45) is 2.79. The number of hydrogen-bond donors (Lipinski definition) is 2. The van der Waals surface area contributed by atoms with Gasteiger partial charge >= 0.3 is 0 Å². The molecular weight excluding hydrogens is 461 g/mol. The number of guanidine groups is 1. The number of carbonyl (C=O) groups excluding carboxylic acids is 1. The third kappa shape index (κ3) is 8.04. The van der Waals surface area contributed by atoms with E-state index < -0.39 is 0 Å². The van der Waals surface area contributed by atoms with Crippen molar-refractivity contribution >= 4 is 35.8 Å². The zero-order valence-corrected chi connectivity index (χ0v) is 19.2. The van der Waals surface area contributed by atoms with E-state index in [1.54, 1.807) is 20.3 Å². The summed E-state index contributed by atoms with van der Waals surface area (Å²) in [5.74, 6) is 2.41. The first-order valence-corrected chi connectivity index (χ1v) is 9.01. The molecule has 1 aliphatic rings. The van der Waals surface area contributed by atoms with Crippen LogP contribution in [0, 0.1) is 5.92 Å². The minimum Gasteiger partial charge on any atom is -0.443 e. The van der Waals surface area contributed by atoms with Crippen LogP contribution in [0.2, 0.25) is 0 Å². The molecule has 2 heterocycles. The number of halogens is 1. The van der Waals surface area contributed by atoms with Crippen LogP contribution >= 0.6 is 24.0 Å². The Labute approximate surface area is 178 Å². The van der Waals surface area contributed by atoms with Gasteiger partial charge < -0.3 is 24.7 Å². The van der Waals surface area contributed by atoms with Gasteiger partial charge in [-0.1, -0.05) is 20.8 Å². The van der Waals surface area contributed by atoms with Crippen molar-refractivity contribution in [3.8, 4) is 0 Å². The molecule has 1 saturated heterocycles. The number of nitrogens with zero attached hydrogens (tertiary/aromatic N) is 3. The highest BCUT2D eigenvalue weighted by atomic mass is 127. The number of ether oxygens (including phenoxy) is 1. The van der Waals surface area contributed by atoms with Gasteiger partial charge in [0, 0.05) is 38.6 Å². The van der Waals surface area contributed by atoms with Crippen LogP contribution in [-0.2, 0) is 21.5 Å². The monoisotopic (exact) mass is 493 g/mol. The lowest BCUT2D eigenvalue weighted by Crippen LogP contribution is -2.40. The third-order valence-corrected chi connectivity index (χ3v) is 4.15. The predicted molar refractivity (Wildman–Crippen MR) is 115 cm³/mol. The van der Waals surface area contributed by atoms with Crippen LogP contribution in [0.1, 0.15) is 38.8 Å². The van der Waals surface area contributed by atoms with Gasteiger partial charge in [-0.2, -0.15) is 0 Å². The molecular formula is C18H32IN5O3. The first kappa shape index (κ1) is 23.7. The molecule has 0 spiro atoms. The van der Waals surface area contributed by atoms with Crippen LogP contribution in [0.25, 0.3) is 0 Å². The Morgan fingerprint density at radius 1 is 1.37 bits per heavy atom. The largest absolute Gasteiger partial charge is 0.443 e. The number of aromatic nitrogens is 1. The van der Waals surface area contributed by atoms with Crippen LogP contribution in [0.3, 0.4) is 0 Å². The Morgan fingerprint density at radius 2 is 2.11 bits per heavy atom. The number of aliphatic imine (C=N–C) groups is 1. The smallest absolute Gasteiger partial charge is 0.243 e. The van der Waals surface area contributed by atoms with Crippen molar-refractivity contribution in [2.24, 2.45) is 10.9 Å². The minimum absolute atomic E-state index is 0. The van der Waals surface area contributed by atoms with E-state index >= 15 is 0 Å². The van der Waals surface area contributed by atoms with Crippen molar-refractivity contribution in [1.82, 2.24) is 20.5 Å². The Kier molecular flexibility index (Phi) is 9.51. The number of amides is 1. The highest BCUT2D eigenvalue weighted by Gasteiger charge is 2.19. The van der Waals surface area contributed by atoms with Gasteiger partial charge in [-0.25, -0.2) is 9.98 Å². The van der Waals surface area contributed by atoms with E-state index in [4.69, 9.17) is 9.15 Å². The van der Waals surface area contributed by atoms with Crippen LogP contribution in [0.5, 0.6) is 0 Å². The molecule has 8 nitrogen and oxygen atoms in total. The van der Waals surface area contributed by atoms with Gasteiger partial charge in [0.1, 0.15) is 12.3 Å². The summed E-state index contributed by atoms with van der Waals surface area (Å²) in [6.45, 7) is 9.03. The zero-order chi connectivity index (χ0) is 19.2. The summed E-state index contributed by atoms with van der Waals surface area (Å²) in [5, 5.41) is 6.47. The summed E-state index contributed by atoms with van der Waals surface area (Å²) in [7, 11) is 3.43. The van der Waals surface area contributed by atoms with E-state index in [1.165, 1.54) is 4.90 Å². The number of carbonyl (C=O) groups is 1. The summed E-state index contributed by atoms with van der Waals surface area (Å²) < 4.78 is 11.2. The van der Waals surface area contributed by atoms with Crippen molar-refractivity contribution in [2.45, 2.75) is 39.2 Å². The first-order valence-electron chi connectivity index (χ1n) is 9.01. The molecule has 0 saturated carbocycles. The van der Waals surface area contributed by atoms with Gasteiger partial charge in [0.25, 0.3) is 0 Å². The number of oxazole rings is 1. The summed E-state index contributed by atoms with van der Waals surface area (Å²) in [6, 6.07) is 0. The van der Waals surface area contributed by atoms with E-state index in [-0.39, 0.29) is 41.8 Å². The molecule has 9 heteroatoms. The number of nitrogens with one attached hydrogen (secondary N) is 2. The maximum atomic E-state index is 11.8. The predicted octanol–water partition coefficient (Wildman–Crippen LogP) is 1.75. The van der Waals surface area contributed by atoms with Crippen molar-refractivity contribution in [2.75, 3.05) is 40.4 Å². The molecule has 154 valence electrons. The van der Waals surface area contributed by atoms with Crippen molar-refractivity contribution < 1.29 is 13.9 Å². The molecule has 0 radical (unpaired) electrons. The SMILES string of the molecule is CN(C)C(=O)CN=C(NCc1ncc(C(C)(C)C)o1)NCC1CCOC1.I. The molecule has 27 heavy (non-hydrogen) atoms. The Morgan fingerprint density at radius 3 is 2.67 bits per heavy atom. The molecule has 1 aromatic heterocycles. The lowest BCUT2D eigenvalue weighted by atomic mass is 9.94. The van der Waals surface area contributed by atoms with E-state index in [0.717, 1.165) is 31.9 Å². The highest BCUT2D eigenvalue weighted by Crippen LogP contribution is 2.22. The van der Waals surface area contributed by atoms with Crippen molar-refractivity contribution in [3.63, 3.8) is 0 Å². The molecule has 1 aliphatic heterocycles. The fourth-order valence-corrected chi connectivity index (χ4v) is 2.35. The maximum absolute atomic E-state index is 11.8. The quantitative estimate of drug-likeness (QED) is 0.357. The molecule has 1 amide bonds. The fourth-order valence-electron chi connectivity index (χ4n) is 2.35. The molecule has 1 unspecified atom stereocenters. The molecule has 1 fully saturated rings. The van der Waals surface area contributed by atoms with Crippen LogP contribution in [0.4, 0.5) is 0 Å². The lowest BCUT2D eigenvalue weighted by Gasteiger charge is -2.15. The molecule has 0 aromatic carbocycles. The lowest BCUT2D eigenvalue weighted by molar-refractivity contribution is -0.127.